The maximum absolute atomic E-state index is 6.21. The molecule has 1 aromatic carbocycles. The first-order chi connectivity index (χ1) is 13.7. The van der Waals surface area contributed by atoms with Gasteiger partial charge in [0.05, 0.1) is 0 Å². The molecule has 1 fully saturated rings. The fourth-order valence-corrected chi connectivity index (χ4v) is 4.15. The molecule has 0 spiro atoms. The molecule has 7 nitrogen and oxygen atoms in total. The zero-order chi connectivity index (χ0) is 19.5. The van der Waals surface area contributed by atoms with Crippen LogP contribution in [-0.4, -0.2) is 58.3 Å². The third-order valence-corrected chi connectivity index (χ3v) is 5.72. The Morgan fingerprint density at radius 3 is 2.72 bits per heavy atom. The predicted octanol–water partition coefficient (Wildman–Crippen LogP) is 3.09. The predicted molar refractivity (Wildman–Crippen MR) is 129 cm³/mol. The fourth-order valence-electron chi connectivity index (χ4n) is 3.98. The van der Waals surface area contributed by atoms with Crippen LogP contribution in [0, 0.1) is 6.92 Å². The number of hydrogen-bond donors (Lipinski definition) is 1. The van der Waals surface area contributed by atoms with Gasteiger partial charge >= 0.3 is 0 Å². The van der Waals surface area contributed by atoms with Gasteiger partial charge in [-0.3, -0.25) is 0 Å². The normalized spacial score (nSPS) is 16.6. The summed E-state index contributed by atoms with van der Waals surface area (Å²) in [6.45, 7) is 10.4. The summed E-state index contributed by atoms with van der Waals surface area (Å²) in [7, 11) is 0. The lowest BCUT2D eigenvalue weighted by Gasteiger charge is -2.38. The minimum Gasteiger partial charge on any atom is -0.368 e. The van der Waals surface area contributed by atoms with Crippen LogP contribution < -0.4 is 10.2 Å². The molecule has 0 bridgehead atoms. The van der Waals surface area contributed by atoms with E-state index in [-0.39, 0.29) is 24.0 Å². The van der Waals surface area contributed by atoms with Crippen molar-refractivity contribution in [3.05, 3.63) is 40.4 Å². The molecule has 0 aliphatic carbocycles. The largest absolute Gasteiger partial charge is 0.368 e. The van der Waals surface area contributed by atoms with E-state index in [1.165, 1.54) is 11.3 Å². The molecule has 2 aliphatic heterocycles. The third-order valence-electron chi connectivity index (χ3n) is 5.48. The van der Waals surface area contributed by atoms with E-state index in [4.69, 9.17) is 16.6 Å². The molecule has 1 aromatic heterocycles. The number of aryl methyl sites for hydroxylation is 2. The Morgan fingerprint density at radius 2 is 1.97 bits per heavy atom. The van der Waals surface area contributed by atoms with Crippen molar-refractivity contribution in [1.82, 2.24) is 25.0 Å². The molecule has 1 saturated heterocycles. The fraction of sp³-hybridized carbons (Fsp3) is 0.550. The Balaban J connectivity index is 0.00000240. The van der Waals surface area contributed by atoms with E-state index in [0.717, 1.165) is 74.7 Å². The van der Waals surface area contributed by atoms with Crippen molar-refractivity contribution in [2.75, 3.05) is 37.6 Å². The molecule has 0 radical (unpaired) electrons. The molecular formula is C20H29ClIN7. The Labute approximate surface area is 194 Å². The van der Waals surface area contributed by atoms with Crippen LogP contribution in [0.1, 0.15) is 30.6 Å². The maximum Gasteiger partial charge on any atom is 0.194 e. The van der Waals surface area contributed by atoms with Crippen LogP contribution >= 0.6 is 35.6 Å². The van der Waals surface area contributed by atoms with Gasteiger partial charge in [0.25, 0.3) is 0 Å². The van der Waals surface area contributed by atoms with Crippen molar-refractivity contribution >= 4 is 47.2 Å². The van der Waals surface area contributed by atoms with E-state index in [1.54, 1.807) is 0 Å². The van der Waals surface area contributed by atoms with Crippen LogP contribution in [0.3, 0.4) is 0 Å². The highest BCUT2D eigenvalue weighted by atomic mass is 127. The number of rotatable bonds is 4. The van der Waals surface area contributed by atoms with Crippen molar-refractivity contribution in [1.29, 1.82) is 0 Å². The van der Waals surface area contributed by atoms with Gasteiger partial charge in [-0.25, -0.2) is 4.99 Å². The summed E-state index contributed by atoms with van der Waals surface area (Å²) in [6, 6.07) is 6.11. The van der Waals surface area contributed by atoms with Crippen molar-refractivity contribution in [2.45, 2.75) is 39.8 Å². The smallest absolute Gasteiger partial charge is 0.194 e. The molecule has 29 heavy (non-hydrogen) atoms. The first kappa shape index (κ1) is 22.1. The number of piperazine rings is 1. The van der Waals surface area contributed by atoms with Gasteiger partial charge in [-0.2, -0.15) is 0 Å². The monoisotopic (exact) mass is 529 g/mol. The molecule has 1 N–H and O–H groups in total. The van der Waals surface area contributed by atoms with E-state index >= 15 is 0 Å². The zero-order valence-electron chi connectivity index (χ0n) is 17.1. The van der Waals surface area contributed by atoms with Gasteiger partial charge in [-0.15, -0.1) is 34.2 Å². The van der Waals surface area contributed by atoms with Crippen LogP contribution in [0.5, 0.6) is 0 Å². The summed E-state index contributed by atoms with van der Waals surface area (Å²) in [5.41, 5.74) is 2.49. The zero-order valence-corrected chi connectivity index (χ0v) is 20.2. The average molecular weight is 530 g/mol. The molecule has 2 aromatic rings. The van der Waals surface area contributed by atoms with E-state index in [9.17, 15) is 0 Å². The van der Waals surface area contributed by atoms with E-state index in [2.05, 4.69) is 55.9 Å². The third kappa shape index (κ3) is 4.96. The molecule has 3 heterocycles. The lowest BCUT2D eigenvalue weighted by molar-refractivity contribution is 0.372. The molecule has 2 aliphatic rings. The number of nitrogens with one attached hydrogen (secondary N) is 1. The number of hydrogen-bond acceptors (Lipinski definition) is 4. The van der Waals surface area contributed by atoms with Gasteiger partial charge in [-0.1, -0.05) is 17.7 Å². The summed E-state index contributed by atoms with van der Waals surface area (Å²) in [6.07, 6.45) is 2.19. The standard InChI is InChI=1S/C20H28ClN7.HI/c1-3-22-20(23-14-19-25-24-18-5-4-8-28(18)19)27-11-9-26(10-12-27)17-13-16(21)7-6-15(17)2;/h6-7,13H,3-5,8-12,14H2,1-2H3,(H,22,23);1H. The van der Waals surface area contributed by atoms with Gasteiger partial charge in [-0.05, 0) is 38.0 Å². The molecule has 0 saturated carbocycles. The van der Waals surface area contributed by atoms with Crippen LogP contribution in [0.15, 0.2) is 23.2 Å². The van der Waals surface area contributed by atoms with Crippen LogP contribution in [0.4, 0.5) is 5.69 Å². The van der Waals surface area contributed by atoms with Crippen LogP contribution in [-0.2, 0) is 19.5 Å². The Bertz CT molecular complexity index is 859. The minimum atomic E-state index is 0. The molecular weight excluding hydrogens is 501 g/mol. The second-order valence-corrected chi connectivity index (χ2v) is 7.80. The van der Waals surface area contributed by atoms with Gasteiger partial charge in [0.1, 0.15) is 12.4 Å². The van der Waals surface area contributed by atoms with Gasteiger partial charge in [0.2, 0.25) is 0 Å². The molecule has 4 rings (SSSR count). The summed E-state index contributed by atoms with van der Waals surface area (Å²) < 4.78 is 2.22. The highest BCUT2D eigenvalue weighted by Gasteiger charge is 2.22. The molecule has 0 amide bonds. The number of anilines is 1. The van der Waals surface area contributed by atoms with Gasteiger partial charge in [0, 0.05) is 56.4 Å². The van der Waals surface area contributed by atoms with Crippen molar-refractivity contribution in [3.63, 3.8) is 0 Å². The quantitative estimate of drug-likeness (QED) is 0.375. The summed E-state index contributed by atoms with van der Waals surface area (Å²) in [5, 5.41) is 12.8. The van der Waals surface area contributed by atoms with E-state index in [0.29, 0.717) is 6.54 Å². The van der Waals surface area contributed by atoms with Crippen molar-refractivity contribution < 1.29 is 0 Å². The second-order valence-electron chi connectivity index (χ2n) is 7.36. The van der Waals surface area contributed by atoms with E-state index in [1.807, 2.05) is 6.07 Å². The van der Waals surface area contributed by atoms with Crippen LogP contribution in [0.25, 0.3) is 0 Å². The summed E-state index contributed by atoms with van der Waals surface area (Å²) in [4.78, 5) is 9.60. The lowest BCUT2D eigenvalue weighted by atomic mass is 10.1. The van der Waals surface area contributed by atoms with Gasteiger partial charge < -0.3 is 19.7 Å². The Kier molecular flexibility index (Phi) is 7.61. The maximum atomic E-state index is 6.21. The second kappa shape index (κ2) is 9.97. The summed E-state index contributed by atoms with van der Waals surface area (Å²) >= 11 is 6.21. The number of halogens is 2. The molecule has 158 valence electrons. The van der Waals surface area contributed by atoms with Crippen molar-refractivity contribution in [2.24, 2.45) is 4.99 Å². The van der Waals surface area contributed by atoms with Crippen LogP contribution in [0.2, 0.25) is 5.02 Å². The topological polar surface area (TPSA) is 61.6 Å². The minimum absolute atomic E-state index is 0. The Hall–Kier alpha value is -1.55. The molecule has 0 atom stereocenters. The first-order valence-electron chi connectivity index (χ1n) is 10.1. The number of guanidine groups is 1. The van der Waals surface area contributed by atoms with Crippen molar-refractivity contribution in [3.8, 4) is 0 Å². The Morgan fingerprint density at radius 1 is 1.17 bits per heavy atom. The number of benzene rings is 1. The highest BCUT2D eigenvalue weighted by Crippen LogP contribution is 2.25. The number of aliphatic imine (C=N–C) groups is 1. The number of fused-ring (bicyclic) bond motifs is 1. The highest BCUT2D eigenvalue weighted by molar-refractivity contribution is 14.0. The molecule has 0 unspecified atom stereocenters. The summed E-state index contributed by atoms with van der Waals surface area (Å²) in [5.74, 6) is 3.03. The first-order valence-corrected chi connectivity index (χ1v) is 10.5. The number of nitrogens with zero attached hydrogens (tertiary/aromatic N) is 6. The SMILES string of the molecule is CCNC(=NCc1nnc2n1CCC2)N1CCN(c2cc(Cl)ccc2C)CC1.I. The average Bonchev–Trinajstić information content (AvgIpc) is 3.32. The number of aromatic nitrogens is 3. The van der Waals surface area contributed by atoms with Gasteiger partial charge in [0.15, 0.2) is 11.8 Å². The van der Waals surface area contributed by atoms with E-state index < -0.39 is 0 Å². The lowest BCUT2D eigenvalue weighted by Crippen LogP contribution is -2.52. The molecule has 9 heteroatoms.